The van der Waals surface area contributed by atoms with Gasteiger partial charge in [-0.15, -0.1) is 0 Å². The van der Waals surface area contributed by atoms with Crippen LogP contribution < -0.4 is 20.7 Å². The number of carbonyl (C=O) groups excluding carboxylic acids is 2. The maximum absolute atomic E-state index is 12.0. The largest absolute Gasteiger partial charge is 0.494 e. The van der Waals surface area contributed by atoms with E-state index < -0.39 is 6.04 Å². The summed E-state index contributed by atoms with van der Waals surface area (Å²) in [7, 11) is 0. The minimum atomic E-state index is -0.460. The molecule has 1 atom stereocenters. The fourth-order valence-corrected chi connectivity index (χ4v) is 2.21. The number of hydrogen-bond acceptors (Lipinski definition) is 4. The molecule has 0 aromatic heterocycles. The molecule has 6 nitrogen and oxygen atoms in total. The average Bonchev–Trinajstić information content (AvgIpc) is 2.50. The first-order valence-electron chi connectivity index (χ1n) is 7.73. The zero-order valence-electron chi connectivity index (χ0n) is 12.9. The predicted octanol–water partition coefficient (Wildman–Crippen LogP) is 1.28. The molecule has 1 saturated heterocycles. The lowest BCUT2D eigenvalue weighted by Crippen LogP contribution is -2.53. The number of hydrogen-bond donors (Lipinski definition) is 3. The Morgan fingerprint density at radius 2 is 2.27 bits per heavy atom. The summed E-state index contributed by atoms with van der Waals surface area (Å²) < 4.78 is 5.61. The lowest BCUT2D eigenvalue weighted by molar-refractivity contribution is -0.127. The zero-order chi connectivity index (χ0) is 15.8. The Hall–Kier alpha value is -2.08. The van der Waals surface area contributed by atoms with E-state index >= 15 is 0 Å². The Morgan fingerprint density at radius 1 is 1.41 bits per heavy atom. The van der Waals surface area contributed by atoms with Gasteiger partial charge >= 0.3 is 0 Å². The number of nitrogens with one attached hydrogen (secondary N) is 3. The minimum absolute atomic E-state index is 0.118. The molecule has 2 rings (SSSR count). The molecule has 0 saturated carbocycles. The van der Waals surface area contributed by atoms with Crippen molar-refractivity contribution in [3.8, 4) is 5.75 Å². The highest BCUT2D eigenvalue weighted by Gasteiger charge is 2.23. The first-order chi connectivity index (χ1) is 10.7. The molecule has 0 radical (unpaired) electrons. The molecule has 3 N–H and O–H groups in total. The normalized spacial score (nSPS) is 17.7. The molecule has 1 aromatic carbocycles. The van der Waals surface area contributed by atoms with Crippen molar-refractivity contribution in [3.63, 3.8) is 0 Å². The molecule has 1 aromatic rings. The van der Waals surface area contributed by atoms with Crippen LogP contribution in [0.3, 0.4) is 0 Å². The Bertz CT molecular complexity index is 519. The van der Waals surface area contributed by atoms with Gasteiger partial charge in [-0.05, 0) is 18.6 Å². The summed E-state index contributed by atoms with van der Waals surface area (Å²) in [6.07, 6.45) is 2.19. The Morgan fingerprint density at radius 3 is 3.05 bits per heavy atom. The van der Waals surface area contributed by atoms with Crippen molar-refractivity contribution in [2.24, 2.45) is 0 Å². The van der Waals surface area contributed by atoms with Crippen LogP contribution in [0.4, 0.5) is 5.69 Å². The van der Waals surface area contributed by atoms with E-state index in [1.807, 2.05) is 12.1 Å². The highest BCUT2D eigenvalue weighted by Crippen LogP contribution is 2.18. The molecule has 1 fully saturated rings. The quantitative estimate of drug-likeness (QED) is 0.663. The Kier molecular flexibility index (Phi) is 6.21. The van der Waals surface area contributed by atoms with Gasteiger partial charge < -0.3 is 20.7 Å². The zero-order valence-corrected chi connectivity index (χ0v) is 12.9. The molecule has 1 heterocycles. The number of amides is 2. The van der Waals surface area contributed by atoms with E-state index in [0.29, 0.717) is 25.4 Å². The first kappa shape index (κ1) is 16.3. The van der Waals surface area contributed by atoms with Crippen molar-refractivity contribution in [3.05, 3.63) is 24.3 Å². The van der Waals surface area contributed by atoms with Crippen molar-refractivity contribution < 1.29 is 14.3 Å². The summed E-state index contributed by atoms with van der Waals surface area (Å²) in [5.74, 6) is 0.415. The van der Waals surface area contributed by atoms with Crippen molar-refractivity contribution in [2.75, 3.05) is 25.0 Å². The number of rotatable bonds is 7. The second-order valence-corrected chi connectivity index (χ2v) is 5.28. The summed E-state index contributed by atoms with van der Waals surface area (Å²) in [6.45, 7) is 4.06. The number of anilines is 1. The SMILES string of the molecule is CCCCOc1cccc(NC(=O)CC2NCCNC2=O)c1. The Balaban J connectivity index is 1.85. The van der Waals surface area contributed by atoms with Gasteiger partial charge in [0, 0.05) is 24.8 Å². The van der Waals surface area contributed by atoms with Crippen LogP contribution in [0.1, 0.15) is 26.2 Å². The lowest BCUT2D eigenvalue weighted by atomic mass is 10.1. The van der Waals surface area contributed by atoms with E-state index in [1.54, 1.807) is 12.1 Å². The smallest absolute Gasteiger partial charge is 0.237 e. The van der Waals surface area contributed by atoms with Crippen LogP contribution in [-0.2, 0) is 9.59 Å². The van der Waals surface area contributed by atoms with Gasteiger partial charge in [-0.3, -0.25) is 9.59 Å². The second kappa shape index (κ2) is 8.38. The molecule has 120 valence electrons. The maximum Gasteiger partial charge on any atom is 0.237 e. The second-order valence-electron chi connectivity index (χ2n) is 5.28. The van der Waals surface area contributed by atoms with Gasteiger partial charge in [-0.1, -0.05) is 19.4 Å². The van der Waals surface area contributed by atoms with E-state index in [4.69, 9.17) is 4.74 Å². The summed E-state index contributed by atoms with van der Waals surface area (Å²) in [5, 5.41) is 8.57. The number of benzene rings is 1. The van der Waals surface area contributed by atoms with Gasteiger partial charge in [-0.25, -0.2) is 0 Å². The highest BCUT2D eigenvalue weighted by atomic mass is 16.5. The Labute approximate surface area is 130 Å². The fraction of sp³-hybridized carbons (Fsp3) is 0.500. The van der Waals surface area contributed by atoms with E-state index in [1.165, 1.54) is 0 Å². The minimum Gasteiger partial charge on any atom is -0.494 e. The molecule has 1 aliphatic heterocycles. The molecule has 22 heavy (non-hydrogen) atoms. The summed E-state index contributed by atoms with van der Waals surface area (Å²) in [4.78, 5) is 23.6. The van der Waals surface area contributed by atoms with Crippen molar-refractivity contribution in [1.82, 2.24) is 10.6 Å². The standard InChI is InChI=1S/C16H23N3O3/c1-2-3-9-22-13-6-4-5-12(10-13)19-15(20)11-14-16(21)18-8-7-17-14/h4-6,10,14,17H,2-3,7-9,11H2,1H3,(H,18,21)(H,19,20). The third-order valence-corrected chi connectivity index (χ3v) is 3.41. The monoisotopic (exact) mass is 305 g/mol. The van der Waals surface area contributed by atoms with Crippen molar-refractivity contribution in [2.45, 2.75) is 32.2 Å². The third kappa shape index (κ3) is 5.04. The predicted molar refractivity (Wildman–Crippen MR) is 84.9 cm³/mol. The maximum atomic E-state index is 12.0. The van der Waals surface area contributed by atoms with Crippen LogP contribution in [0.2, 0.25) is 0 Å². The van der Waals surface area contributed by atoms with Gasteiger partial charge in [0.25, 0.3) is 0 Å². The van der Waals surface area contributed by atoms with Gasteiger partial charge in [0.05, 0.1) is 19.1 Å². The molecular weight excluding hydrogens is 282 g/mol. The molecule has 1 aliphatic rings. The van der Waals surface area contributed by atoms with Crippen molar-refractivity contribution >= 4 is 17.5 Å². The lowest BCUT2D eigenvalue weighted by Gasteiger charge is -2.22. The molecule has 2 amide bonds. The van der Waals surface area contributed by atoms with Gasteiger partial charge in [0.2, 0.25) is 11.8 Å². The average molecular weight is 305 g/mol. The summed E-state index contributed by atoms with van der Waals surface area (Å²) in [6, 6.07) is 6.84. The molecule has 0 bridgehead atoms. The number of unbranched alkanes of at least 4 members (excludes halogenated alkanes) is 1. The summed E-state index contributed by atoms with van der Waals surface area (Å²) >= 11 is 0. The molecule has 6 heteroatoms. The summed E-state index contributed by atoms with van der Waals surface area (Å²) in [5.41, 5.74) is 0.676. The number of ether oxygens (including phenoxy) is 1. The van der Waals surface area contributed by atoms with E-state index in [-0.39, 0.29) is 18.2 Å². The highest BCUT2D eigenvalue weighted by molar-refractivity contribution is 5.95. The van der Waals surface area contributed by atoms with Gasteiger partial charge in [0.15, 0.2) is 0 Å². The van der Waals surface area contributed by atoms with Crippen molar-refractivity contribution in [1.29, 1.82) is 0 Å². The first-order valence-corrected chi connectivity index (χ1v) is 7.73. The number of piperazine rings is 1. The number of carbonyl (C=O) groups is 2. The van der Waals surface area contributed by atoms with Gasteiger partial charge in [-0.2, -0.15) is 0 Å². The van der Waals surface area contributed by atoms with Crippen LogP contribution >= 0.6 is 0 Å². The van der Waals surface area contributed by atoms with Crippen LogP contribution in [0.15, 0.2) is 24.3 Å². The van der Waals surface area contributed by atoms with Crippen LogP contribution in [0, 0.1) is 0 Å². The molecular formula is C16H23N3O3. The molecule has 0 aliphatic carbocycles. The molecule has 0 spiro atoms. The third-order valence-electron chi connectivity index (χ3n) is 3.41. The van der Waals surface area contributed by atoms with E-state index in [0.717, 1.165) is 18.6 Å². The fourth-order valence-electron chi connectivity index (χ4n) is 2.21. The van der Waals surface area contributed by atoms with E-state index in [9.17, 15) is 9.59 Å². The molecule has 1 unspecified atom stereocenters. The topological polar surface area (TPSA) is 79.5 Å². The van der Waals surface area contributed by atoms with Gasteiger partial charge in [0.1, 0.15) is 5.75 Å². The van der Waals surface area contributed by atoms with Crippen LogP contribution in [0.5, 0.6) is 5.75 Å². The van der Waals surface area contributed by atoms with Crippen LogP contribution in [-0.4, -0.2) is 37.6 Å². The van der Waals surface area contributed by atoms with E-state index in [2.05, 4.69) is 22.9 Å². The van der Waals surface area contributed by atoms with Crippen LogP contribution in [0.25, 0.3) is 0 Å².